The lowest BCUT2D eigenvalue weighted by Crippen LogP contribution is -2.29. The fourth-order valence-corrected chi connectivity index (χ4v) is 1.20. The average molecular weight is 181 g/mol. The zero-order valence-corrected chi connectivity index (χ0v) is 7.53. The van der Waals surface area contributed by atoms with Crippen LogP contribution in [0.3, 0.4) is 0 Å². The Morgan fingerprint density at radius 3 is 2.23 bits per heavy atom. The van der Waals surface area contributed by atoms with Crippen LogP contribution in [0.1, 0.15) is 6.92 Å². The summed E-state index contributed by atoms with van der Waals surface area (Å²) in [7, 11) is 1.35. The van der Waals surface area contributed by atoms with Gasteiger partial charge in [-0.2, -0.15) is 0 Å². The van der Waals surface area contributed by atoms with Crippen LogP contribution < -0.4 is 5.73 Å². The molecule has 0 aliphatic heterocycles. The van der Waals surface area contributed by atoms with Gasteiger partial charge in [0.2, 0.25) is 5.78 Å². The molecule has 0 saturated carbocycles. The highest BCUT2D eigenvalue weighted by atomic mass is 16.5. The number of hydrogen-bond donors (Lipinski definition) is 1. The van der Waals surface area contributed by atoms with E-state index in [2.05, 4.69) is 0 Å². The van der Waals surface area contributed by atoms with Crippen LogP contribution in [0.25, 0.3) is 0 Å². The summed E-state index contributed by atoms with van der Waals surface area (Å²) in [5.74, 6) is -0.511. The van der Waals surface area contributed by atoms with Gasteiger partial charge in [0.1, 0.15) is 0 Å². The number of ether oxygens (including phenoxy) is 1. The molecule has 2 N–H and O–H groups in total. The monoisotopic (exact) mass is 181 g/mol. The smallest absolute Gasteiger partial charge is 0.220 e. The standard InChI is InChI=1S/C9H11NO3/c1-5(10)8-6(11)3-4-7(12)9(8)13-2/h3-5H,10H2,1-2H3/t5-/m1/s1. The largest absolute Gasteiger partial charge is 0.492 e. The van der Waals surface area contributed by atoms with Crippen molar-refractivity contribution in [3.05, 3.63) is 23.5 Å². The van der Waals surface area contributed by atoms with E-state index in [9.17, 15) is 9.59 Å². The van der Waals surface area contributed by atoms with E-state index in [0.29, 0.717) is 0 Å². The van der Waals surface area contributed by atoms with Crippen molar-refractivity contribution < 1.29 is 14.3 Å². The van der Waals surface area contributed by atoms with Crippen LogP contribution in [0.15, 0.2) is 23.5 Å². The maximum absolute atomic E-state index is 11.3. The first-order valence-corrected chi connectivity index (χ1v) is 3.88. The Bertz CT molecular complexity index is 313. The third-order valence-electron chi connectivity index (χ3n) is 1.78. The number of nitrogens with two attached hydrogens (primary N) is 1. The molecule has 0 aromatic rings. The number of methoxy groups -OCH3 is 1. The van der Waals surface area contributed by atoms with Crippen LogP contribution >= 0.6 is 0 Å². The second kappa shape index (κ2) is 3.53. The molecule has 0 bridgehead atoms. The van der Waals surface area contributed by atoms with Crippen LogP contribution in [0.2, 0.25) is 0 Å². The predicted octanol–water partition coefficient (Wildman–Crippen LogP) is -0.0579. The first kappa shape index (κ1) is 9.67. The summed E-state index contributed by atoms with van der Waals surface area (Å²) >= 11 is 0. The highest BCUT2D eigenvalue weighted by Gasteiger charge is 2.25. The molecular weight excluding hydrogens is 170 g/mol. The molecule has 1 atom stereocenters. The van der Waals surface area contributed by atoms with Gasteiger partial charge in [-0.05, 0) is 19.1 Å². The third kappa shape index (κ3) is 1.67. The molecule has 0 spiro atoms. The van der Waals surface area contributed by atoms with Crippen molar-refractivity contribution in [1.29, 1.82) is 0 Å². The molecule has 13 heavy (non-hydrogen) atoms. The second-order valence-electron chi connectivity index (χ2n) is 2.80. The summed E-state index contributed by atoms with van der Waals surface area (Å²) in [5.41, 5.74) is 5.79. The minimum Gasteiger partial charge on any atom is -0.492 e. The molecule has 1 aliphatic carbocycles. The number of carbonyl (C=O) groups excluding carboxylic acids is 2. The Morgan fingerprint density at radius 2 is 1.85 bits per heavy atom. The first-order chi connectivity index (χ1) is 6.07. The second-order valence-corrected chi connectivity index (χ2v) is 2.80. The molecule has 0 aromatic heterocycles. The number of allylic oxidation sites excluding steroid dienone is 2. The highest BCUT2D eigenvalue weighted by Crippen LogP contribution is 2.16. The fraction of sp³-hybridized carbons (Fsp3) is 0.333. The summed E-state index contributed by atoms with van der Waals surface area (Å²) < 4.78 is 4.83. The van der Waals surface area contributed by atoms with E-state index < -0.39 is 6.04 Å². The lowest BCUT2D eigenvalue weighted by Gasteiger charge is -2.15. The maximum Gasteiger partial charge on any atom is 0.220 e. The van der Waals surface area contributed by atoms with Gasteiger partial charge in [-0.15, -0.1) is 0 Å². The molecule has 0 fully saturated rings. The summed E-state index contributed by atoms with van der Waals surface area (Å²) in [6.45, 7) is 1.64. The summed E-state index contributed by atoms with van der Waals surface area (Å²) in [6, 6.07) is -0.489. The minimum absolute atomic E-state index is 0.0579. The highest BCUT2D eigenvalue weighted by molar-refractivity contribution is 6.19. The van der Waals surface area contributed by atoms with E-state index in [1.807, 2.05) is 0 Å². The third-order valence-corrected chi connectivity index (χ3v) is 1.78. The van der Waals surface area contributed by atoms with Gasteiger partial charge >= 0.3 is 0 Å². The molecule has 0 saturated heterocycles. The maximum atomic E-state index is 11.3. The van der Waals surface area contributed by atoms with Gasteiger partial charge < -0.3 is 10.5 Å². The number of rotatable bonds is 2. The molecule has 0 unspecified atom stereocenters. The molecule has 4 heteroatoms. The molecule has 0 heterocycles. The van der Waals surface area contributed by atoms with E-state index in [-0.39, 0.29) is 22.9 Å². The Hall–Kier alpha value is -1.42. The van der Waals surface area contributed by atoms with E-state index >= 15 is 0 Å². The molecule has 4 nitrogen and oxygen atoms in total. The Kier molecular flexibility index (Phi) is 2.63. The first-order valence-electron chi connectivity index (χ1n) is 3.88. The molecule has 0 radical (unpaired) electrons. The minimum atomic E-state index is -0.489. The Balaban J connectivity index is 3.19. The van der Waals surface area contributed by atoms with Crippen molar-refractivity contribution >= 4 is 11.6 Å². The van der Waals surface area contributed by atoms with E-state index in [1.165, 1.54) is 19.3 Å². The summed E-state index contributed by atoms with van der Waals surface area (Å²) in [5, 5.41) is 0. The van der Waals surface area contributed by atoms with Crippen molar-refractivity contribution in [3.8, 4) is 0 Å². The molecule has 0 aromatic carbocycles. The van der Waals surface area contributed by atoms with E-state index in [4.69, 9.17) is 10.5 Å². The van der Waals surface area contributed by atoms with Gasteiger partial charge in [0.15, 0.2) is 11.5 Å². The van der Waals surface area contributed by atoms with Crippen LogP contribution in [-0.4, -0.2) is 24.7 Å². The van der Waals surface area contributed by atoms with Gasteiger partial charge in [0, 0.05) is 6.04 Å². The van der Waals surface area contributed by atoms with Gasteiger partial charge in [-0.1, -0.05) is 0 Å². The topological polar surface area (TPSA) is 69.4 Å². The summed E-state index contributed by atoms with van der Waals surface area (Å²) in [4.78, 5) is 22.5. The SMILES string of the molecule is COC1=C([C@@H](C)N)C(=O)C=CC1=O. The van der Waals surface area contributed by atoms with Crippen LogP contribution in [0.4, 0.5) is 0 Å². The molecular formula is C9H11NO3. The van der Waals surface area contributed by atoms with E-state index in [1.54, 1.807) is 6.92 Å². The summed E-state index contributed by atoms with van der Waals surface area (Å²) in [6.07, 6.45) is 2.40. The van der Waals surface area contributed by atoms with Crippen molar-refractivity contribution in [3.63, 3.8) is 0 Å². The number of hydrogen-bond acceptors (Lipinski definition) is 4. The van der Waals surface area contributed by atoms with Crippen molar-refractivity contribution in [2.24, 2.45) is 5.73 Å². The van der Waals surface area contributed by atoms with E-state index in [0.717, 1.165) is 0 Å². The van der Waals surface area contributed by atoms with Gasteiger partial charge in [-0.25, -0.2) is 0 Å². The molecule has 1 rings (SSSR count). The van der Waals surface area contributed by atoms with Crippen LogP contribution in [-0.2, 0) is 14.3 Å². The molecule has 70 valence electrons. The lowest BCUT2D eigenvalue weighted by atomic mass is 9.96. The number of ketones is 2. The zero-order valence-electron chi connectivity index (χ0n) is 7.53. The van der Waals surface area contributed by atoms with Crippen LogP contribution in [0, 0.1) is 0 Å². The molecule has 1 aliphatic rings. The Labute approximate surface area is 76.1 Å². The van der Waals surface area contributed by atoms with Gasteiger partial charge in [0.05, 0.1) is 12.7 Å². The van der Waals surface area contributed by atoms with Crippen molar-refractivity contribution in [1.82, 2.24) is 0 Å². The Morgan fingerprint density at radius 1 is 1.31 bits per heavy atom. The normalized spacial score (nSPS) is 19.3. The molecule has 0 amide bonds. The lowest BCUT2D eigenvalue weighted by molar-refractivity contribution is -0.117. The predicted molar refractivity (Wildman–Crippen MR) is 46.8 cm³/mol. The average Bonchev–Trinajstić information content (AvgIpc) is 2.07. The fourth-order valence-electron chi connectivity index (χ4n) is 1.20. The van der Waals surface area contributed by atoms with Crippen molar-refractivity contribution in [2.75, 3.05) is 7.11 Å². The number of carbonyl (C=O) groups is 2. The zero-order chi connectivity index (χ0) is 10.0. The van der Waals surface area contributed by atoms with Crippen LogP contribution in [0.5, 0.6) is 0 Å². The van der Waals surface area contributed by atoms with Crippen molar-refractivity contribution in [2.45, 2.75) is 13.0 Å². The van der Waals surface area contributed by atoms with Gasteiger partial charge in [0.25, 0.3) is 0 Å². The quantitative estimate of drug-likeness (QED) is 0.606. The van der Waals surface area contributed by atoms with Gasteiger partial charge in [-0.3, -0.25) is 9.59 Å².